The Balaban J connectivity index is 1.92. The van der Waals surface area contributed by atoms with Crippen LogP contribution in [0.3, 0.4) is 0 Å². The number of carbonyl (C=O) groups excluding carboxylic acids is 1. The van der Waals surface area contributed by atoms with Crippen LogP contribution in [-0.4, -0.2) is 10.9 Å². The normalized spacial score (nSPS) is 10.6. The van der Waals surface area contributed by atoms with E-state index in [9.17, 15) is 4.79 Å². The summed E-state index contributed by atoms with van der Waals surface area (Å²) in [5.74, 6) is -0.100. The highest BCUT2D eigenvalue weighted by molar-refractivity contribution is 6.11. The predicted octanol–water partition coefficient (Wildman–Crippen LogP) is 3.73. The van der Waals surface area contributed by atoms with Crippen LogP contribution in [0.4, 0.5) is 5.69 Å². The monoisotopic (exact) mass is 250 g/mol. The second-order valence-electron chi connectivity index (χ2n) is 4.57. The fraction of sp³-hybridized carbons (Fsp3) is 0.0625. The van der Waals surface area contributed by atoms with Crippen molar-refractivity contribution in [3.8, 4) is 0 Å². The van der Waals surface area contributed by atoms with E-state index in [-0.39, 0.29) is 5.91 Å². The molecule has 1 heterocycles. The molecule has 3 heteroatoms. The van der Waals surface area contributed by atoms with Gasteiger partial charge in [0.25, 0.3) is 5.91 Å². The molecule has 0 aliphatic rings. The van der Waals surface area contributed by atoms with Crippen LogP contribution in [0, 0.1) is 6.92 Å². The fourth-order valence-electron chi connectivity index (χ4n) is 2.11. The molecule has 3 nitrogen and oxygen atoms in total. The van der Waals surface area contributed by atoms with Crippen LogP contribution in [0.5, 0.6) is 0 Å². The molecule has 2 aromatic carbocycles. The van der Waals surface area contributed by atoms with Crippen molar-refractivity contribution in [2.45, 2.75) is 6.92 Å². The second kappa shape index (κ2) is 4.61. The summed E-state index contributed by atoms with van der Waals surface area (Å²) in [6.45, 7) is 2.02. The number of hydrogen-bond acceptors (Lipinski definition) is 1. The Morgan fingerprint density at radius 3 is 2.63 bits per heavy atom. The average Bonchev–Trinajstić information content (AvgIpc) is 2.89. The number of carbonyl (C=O) groups is 1. The zero-order valence-corrected chi connectivity index (χ0v) is 10.6. The fourth-order valence-corrected chi connectivity index (χ4v) is 2.11. The lowest BCUT2D eigenvalue weighted by Gasteiger charge is -2.06. The zero-order valence-electron chi connectivity index (χ0n) is 10.6. The minimum atomic E-state index is -0.100. The van der Waals surface area contributed by atoms with Crippen molar-refractivity contribution in [3.63, 3.8) is 0 Å². The van der Waals surface area contributed by atoms with Crippen LogP contribution in [0.15, 0.2) is 54.7 Å². The van der Waals surface area contributed by atoms with E-state index in [0.29, 0.717) is 5.56 Å². The van der Waals surface area contributed by atoms with E-state index in [1.165, 1.54) is 5.56 Å². The molecule has 3 aromatic rings. The first kappa shape index (κ1) is 11.5. The molecule has 0 unspecified atom stereocenters. The summed E-state index contributed by atoms with van der Waals surface area (Å²) in [5, 5.41) is 3.95. The van der Waals surface area contributed by atoms with Crippen LogP contribution in [0.2, 0.25) is 0 Å². The quantitative estimate of drug-likeness (QED) is 0.715. The van der Waals surface area contributed by atoms with Gasteiger partial charge in [-0.25, -0.2) is 0 Å². The maximum Gasteiger partial charge on any atom is 0.257 e. The third-order valence-electron chi connectivity index (χ3n) is 3.14. The first-order valence-electron chi connectivity index (χ1n) is 6.18. The molecule has 0 saturated heterocycles. The standard InChI is InChI=1S/C16H14N2O/c1-11-5-7-13(8-6-11)18-16(19)14-4-2-3-12-9-10-17-15(12)14/h2-10,17H,1H3,(H,18,19). The van der Waals surface area contributed by atoms with Gasteiger partial charge in [0.05, 0.1) is 11.1 Å². The van der Waals surface area contributed by atoms with Gasteiger partial charge in [0.2, 0.25) is 0 Å². The summed E-state index contributed by atoms with van der Waals surface area (Å²) in [7, 11) is 0. The topological polar surface area (TPSA) is 44.9 Å². The van der Waals surface area contributed by atoms with E-state index in [0.717, 1.165) is 16.6 Å². The summed E-state index contributed by atoms with van der Waals surface area (Å²) >= 11 is 0. The zero-order chi connectivity index (χ0) is 13.2. The van der Waals surface area contributed by atoms with Gasteiger partial charge in [-0.2, -0.15) is 0 Å². The Kier molecular flexibility index (Phi) is 2.80. The molecule has 0 radical (unpaired) electrons. The lowest BCUT2D eigenvalue weighted by Crippen LogP contribution is -2.12. The van der Waals surface area contributed by atoms with Gasteiger partial charge < -0.3 is 10.3 Å². The Hall–Kier alpha value is -2.55. The number of aromatic amines is 1. The van der Waals surface area contributed by atoms with Crippen LogP contribution in [-0.2, 0) is 0 Å². The first-order chi connectivity index (χ1) is 9.24. The Labute approximate surface area is 111 Å². The molecule has 1 amide bonds. The molecule has 19 heavy (non-hydrogen) atoms. The molecular weight excluding hydrogens is 236 g/mol. The Bertz CT molecular complexity index is 726. The number of fused-ring (bicyclic) bond motifs is 1. The Morgan fingerprint density at radius 2 is 1.84 bits per heavy atom. The van der Waals surface area contributed by atoms with Crippen molar-refractivity contribution in [2.24, 2.45) is 0 Å². The summed E-state index contributed by atoms with van der Waals surface area (Å²) in [6.07, 6.45) is 1.84. The lowest BCUT2D eigenvalue weighted by atomic mass is 10.1. The number of amides is 1. The van der Waals surface area contributed by atoms with E-state index in [1.807, 2.05) is 61.7 Å². The van der Waals surface area contributed by atoms with Gasteiger partial charge in [0.15, 0.2) is 0 Å². The summed E-state index contributed by atoms with van der Waals surface area (Å²) < 4.78 is 0. The van der Waals surface area contributed by atoms with Gasteiger partial charge in [-0.1, -0.05) is 29.8 Å². The SMILES string of the molecule is Cc1ccc(NC(=O)c2cccc3cc[nH]c23)cc1. The number of H-pyrrole nitrogens is 1. The van der Waals surface area contributed by atoms with Crippen molar-refractivity contribution in [3.05, 3.63) is 65.9 Å². The molecule has 94 valence electrons. The molecular formula is C16H14N2O. The van der Waals surface area contributed by atoms with Gasteiger partial charge >= 0.3 is 0 Å². The Morgan fingerprint density at radius 1 is 1.05 bits per heavy atom. The molecule has 0 fully saturated rings. The van der Waals surface area contributed by atoms with Crippen molar-refractivity contribution in [1.82, 2.24) is 4.98 Å². The number of para-hydroxylation sites is 1. The maximum atomic E-state index is 12.3. The molecule has 0 aliphatic carbocycles. The molecule has 0 bridgehead atoms. The van der Waals surface area contributed by atoms with Crippen molar-refractivity contribution in [2.75, 3.05) is 5.32 Å². The van der Waals surface area contributed by atoms with Gasteiger partial charge in [0.1, 0.15) is 0 Å². The maximum absolute atomic E-state index is 12.3. The highest BCUT2D eigenvalue weighted by Crippen LogP contribution is 2.18. The van der Waals surface area contributed by atoms with Crippen molar-refractivity contribution < 1.29 is 4.79 Å². The molecule has 1 aromatic heterocycles. The molecule has 3 rings (SSSR count). The minimum Gasteiger partial charge on any atom is -0.361 e. The van der Waals surface area contributed by atoms with E-state index >= 15 is 0 Å². The predicted molar refractivity (Wildman–Crippen MR) is 77.4 cm³/mol. The smallest absolute Gasteiger partial charge is 0.257 e. The highest BCUT2D eigenvalue weighted by atomic mass is 16.1. The molecule has 0 atom stereocenters. The molecule has 0 aliphatic heterocycles. The van der Waals surface area contributed by atoms with Gasteiger partial charge in [0, 0.05) is 17.3 Å². The molecule has 0 spiro atoms. The van der Waals surface area contributed by atoms with E-state index in [4.69, 9.17) is 0 Å². The number of rotatable bonds is 2. The molecule has 2 N–H and O–H groups in total. The second-order valence-corrected chi connectivity index (χ2v) is 4.57. The average molecular weight is 250 g/mol. The van der Waals surface area contributed by atoms with Crippen LogP contribution in [0.1, 0.15) is 15.9 Å². The lowest BCUT2D eigenvalue weighted by molar-refractivity contribution is 0.102. The van der Waals surface area contributed by atoms with E-state index < -0.39 is 0 Å². The number of anilines is 1. The van der Waals surface area contributed by atoms with Crippen LogP contribution >= 0.6 is 0 Å². The number of benzene rings is 2. The van der Waals surface area contributed by atoms with Crippen molar-refractivity contribution in [1.29, 1.82) is 0 Å². The third-order valence-corrected chi connectivity index (χ3v) is 3.14. The van der Waals surface area contributed by atoms with Crippen molar-refractivity contribution >= 4 is 22.5 Å². The minimum absolute atomic E-state index is 0.100. The largest absolute Gasteiger partial charge is 0.361 e. The summed E-state index contributed by atoms with van der Waals surface area (Å²) in [5.41, 5.74) is 3.50. The highest BCUT2D eigenvalue weighted by Gasteiger charge is 2.10. The van der Waals surface area contributed by atoms with Crippen LogP contribution in [0.25, 0.3) is 10.9 Å². The van der Waals surface area contributed by atoms with Crippen LogP contribution < -0.4 is 5.32 Å². The van der Waals surface area contributed by atoms with Gasteiger partial charge in [-0.3, -0.25) is 4.79 Å². The van der Waals surface area contributed by atoms with E-state index in [1.54, 1.807) is 0 Å². The number of aryl methyl sites for hydroxylation is 1. The summed E-state index contributed by atoms with van der Waals surface area (Å²) in [6, 6.07) is 15.4. The number of hydrogen-bond donors (Lipinski definition) is 2. The third kappa shape index (κ3) is 2.22. The number of nitrogens with one attached hydrogen (secondary N) is 2. The molecule has 0 saturated carbocycles. The van der Waals surface area contributed by atoms with Gasteiger partial charge in [-0.15, -0.1) is 0 Å². The summed E-state index contributed by atoms with van der Waals surface area (Å²) in [4.78, 5) is 15.4. The van der Waals surface area contributed by atoms with E-state index in [2.05, 4.69) is 10.3 Å². The number of aromatic nitrogens is 1. The first-order valence-corrected chi connectivity index (χ1v) is 6.18. The van der Waals surface area contributed by atoms with Gasteiger partial charge in [-0.05, 0) is 31.2 Å².